The lowest BCUT2D eigenvalue weighted by molar-refractivity contribution is -0.295. The fraction of sp³-hybridized carbons (Fsp3) is 0.879. The molecule has 0 aromatic heterocycles. The molecule has 1 amide bonds. The maximum atomic E-state index is 16.6. The topological polar surface area (TPSA) is 136 Å². The molecule has 262 valence electrons. The zero-order valence-corrected chi connectivity index (χ0v) is 29.2. The number of aliphatic hydroxyl groups excluding tert-OH is 1. The van der Waals surface area contributed by atoms with Gasteiger partial charge < -0.3 is 33.7 Å². The quantitative estimate of drug-likeness (QED) is 0.348. The highest BCUT2D eigenvalue weighted by molar-refractivity contribution is 6.08. The normalized spacial score (nSPS) is 45.9. The first kappa shape index (κ1) is 36.6. The van der Waals surface area contributed by atoms with Gasteiger partial charge >= 0.3 is 12.1 Å². The Hall–Kier alpha value is -2.19. The number of carbonyl (C=O) groups excluding carboxylic acids is 3. The molecule has 1 N–H and O–H groups in total. The molecule has 3 saturated heterocycles. The van der Waals surface area contributed by atoms with Crippen molar-refractivity contribution in [3.63, 3.8) is 0 Å². The summed E-state index contributed by atoms with van der Waals surface area (Å²) in [6, 6.07) is -0.867. The van der Waals surface area contributed by atoms with Crippen LogP contribution in [0.1, 0.15) is 74.7 Å². The molecule has 46 heavy (non-hydrogen) atoms. The van der Waals surface area contributed by atoms with E-state index in [9.17, 15) is 19.5 Å². The van der Waals surface area contributed by atoms with Crippen molar-refractivity contribution >= 4 is 23.6 Å². The fourth-order valence-electron chi connectivity index (χ4n) is 8.31. The van der Waals surface area contributed by atoms with Crippen LogP contribution in [0.4, 0.5) is 9.18 Å². The van der Waals surface area contributed by atoms with E-state index in [-0.39, 0.29) is 36.8 Å². The SMILES string of the molecule is CC[C@@H]1OC(=O)C(C)(F)C(=O)[C@H](C)[C@H](O[C@@H]2O[C@H](C)C[C@H](N(C)C)[C@H]2O)[C@@](C)(OC)C[C@@H](C)C2=NCCN3C(=O)O[C@@]1(C)[C@H]3[C@@H]2C. The highest BCUT2D eigenvalue weighted by Crippen LogP contribution is 2.44. The molecule has 0 aromatic carbocycles. The Kier molecular flexibility index (Phi) is 10.7. The molecular weight excluding hydrogens is 601 g/mol. The van der Waals surface area contributed by atoms with E-state index in [4.69, 9.17) is 28.7 Å². The standard InChI is InChI=1S/C33H54FN3O9/c1-12-22-33(8)25-19(4)23(35-13-14-37(25)30(41)46-33)17(2)16-31(6,42-11)27(20(5)26(39)32(7,34)29(40)44-22)45-28-24(38)21(36(9)10)15-18(3)43-28/h17-22,24-25,27-28,38H,12-16H2,1-11H3/t17-,18-,19-,20+,21+,22+,24-,25-,27+,28+,31+,32?,33-/m1/s1. The molecule has 4 aliphatic rings. The number of aliphatic hydroxyl groups is 1. The summed E-state index contributed by atoms with van der Waals surface area (Å²) in [6.07, 6.45) is -4.22. The zero-order valence-electron chi connectivity index (χ0n) is 29.2. The number of ketones is 1. The molecule has 3 fully saturated rings. The Bertz CT molecular complexity index is 1200. The molecule has 0 aromatic rings. The second-order valence-corrected chi connectivity index (χ2v) is 14.5. The van der Waals surface area contributed by atoms with Crippen LogP contribution >= 0.6 is 0 Å². The second kappa shape index (κ2) is 13.4. The van der Waals surface area contributed by atoms with Crippen LogP contribution in [0.15, 0.2) is 4.99 Å². The summed E-state index contributed by atoms with van der Waals surface area (Å²) in [5, 5.41) is 11.3. The lowest BCUT2D eigenvalue weighted by Crippen LogP contribution is -2.61. The number of Topliss-reactive ketones (excluding diaryl/α,β-unsaturated/α-hetero) is 1. The van der Waals surface area contributed by atoms with E-state index in [1.165, 1.54) is 14.0 Å². The number of fused-ring (bicyclic) bond motifs is 1. The number of hydrogen-bond acceptors (Lipinski definition) is 11. The third-order valence-corrected chi connectivity index (χ3v) is 10.9. The van der Waals surface area contributed by atoms with Crippen molar-refractivity contribution in [2.45, 2.75) is 134 Å². The van der Waals surface area contributed by atoms with E-state index in [1.54, 1.807) is 25.7 Å². The number of ether oxygens (including phenoxy) is 5. The monoisotopic (exact) mass is 655 g/mol. The van der Waals surface area contributed by atoms with Crippen molar-refractivity contribution in [3.8, 4) is 0 Å². The van der Waals surface area contributed by atoms with Gasteiger partial charge in [0.2, 0.25) is 0 Å². The van der Waals surface area contributed by atoms with Gasteiger partial charge in [0.05, 0.1) is 30.4 Å². The molecule has 12 nitrogen and oxygen atoms in total. The molecule has 13 heteroatoms. The fourth-order valence-corrected chi connectivity index (χ4v) is 8.31. The molecule has 1 unspecified atom stereocenters. The summed E-state index contributed by atoms with van der Waals surface area (Å²) >= 11 is 0. The molecule has 13 atom stereocenters. The van der Waals surface area contributed by atoms with E-state index < -0.39 is 71.3 Å². The molecule has 0 spiro atoms. The summed E-state index contributed by atoms with van der Waals surface area (Å²) in [6.45, 7) is 14.1. The van der Waals surface area contributed by atoms with Crippen LogP contribution in [-0.4, -0.2) is 132 Å². The van der Waals surface area contributed by atoms with Crippen LogP contribution in [-0.2, 0) is 33.3 Å². The van der Waals surface area contributed by atoms with Gasteiger partial charge in [-0.05, 0) is 67.0 Å². The number of cyclic esters (lactones) is 1. The molecule has 0 saturated carbocycles. The number of esters is 1. The first-order valence-corrected chi connectivity index (χ1v) is 16.5. The second-order valence-electron chi connectivity index (χ2n) is 14.5. The van der Waals surface area contributed by atoms with E-state index in [2.05, 4.69) is 0 Å². The minimum absolute atomic E-state index is 0.212. The van der Waals surface area contributed by atoms with Crippen molar-refractivity contribution in [1.82, 2.24) is 9.80 Å². The number of aliphatic imine (C=N–C) groups is 1. The highest BCUT2D eigenvalue weighted by atomic mass is 19.1. The minimum Gasteiger partial charge on any atom is -0.455 e. The molecule has 0 radical (unpaired) electrons. The lowest BCUT2D eigenvalue weighted by Gasteiger charge is -2.47. The maximum absolute atomic E-state index is 16.6. The van der Waals surface area contributed by atoms with Gasteiger partial charge in [0.1, 0.15) is 12.2 Å². The van der Waals surface area contributed by atoms with Crippen LogP contribution in [0.25, 0.3) is 0 Å². The van der Waals surface area contributed by atoms with Gasteiger partial charge in [-0.2, -0.15) is 0 Å². The van der Waals surface area contributed by atoms with Crippen LogP contribution in [0, 0.1) is 17.8 Å². The van der Waals surface area contributed by atoms with Gasteiger partial charge in [-0.1, -0.05) is 27.7 Å². The van der Waals surface area contributed by atoms with E-state index in [0.717, 1.165) is 12.6 Å². The van der Waals surface area contributed by atoms with Crippen molar-refractivity contribution in [1.29, 1.82) is 0 Å². The van der Waals surface area contributed by atoms with E-state index in [1.807, 2.05) is 39.8 Å². The first-order valence-electron chi connectivity index (χ1n) is 16.5. The molecule has 4 heterocycles. The molecule has 4 rings (SSSR count). The Morgan fingerprint density at radius 2 is 1.76 bits per heavy atom. The maximum Gasteiger partial charge on any atom is 0.410 e. The van der Waals surface area contributed by atoms with Crippen molar-refractivity contribution < 1.29 is 47.6 Å². The number of nitrogens with zero attached hydrogens (tertiary/aromatic N) is 3. The van der Waals surface area contributed by atoms with Gasteiger partial charge in [-0.15, -0.1) is 0 Å². The van der Waals surface area contributed by atoms with E-state index in [0.29, 0.717) is 19.5 Å². The van der Waals surface area contributed by atoms with Crippen LogP contribution < -0.4 is 0 Å². The average Bonchev–Trinajstić information content (AvgIpc) is 3.11. The number of likely N-dealkylation sites (N-methyl/N-ethyl adjacent to an activating group) is 1. The number of alkyl halides is 1. The number of methoxy groups -OCH3 is 1. The summed E-state index contributed by atoms with van der Waals surface area (Å²) < 4.78 is 47.0. The predicted octanol–water partition coefficient (Wildman–Crippen LogP) is 3.17. The summed E-state index contributed by atoms with van der Waals surface area (Å²) in [5.74, 6) is -4.26. The van der Waals surface area contributed by atoms with Gasteiger partial charge in [0, 0.05) is 37.2 Å². The summed E-state index contributed by atoms with van der Waals surface area (Å²) in [5.41, 5.74) is -4.83. The zero-order chi connectivity index (χ0) is 34.5. The molecule has 4 aliphatic heterocycles. The number of amides is 1. The molecule has 2 bridgehead atoms. The van der Waals surface area contributed by atoms with Gasteiger partial charge in [-0.3, -0.25) is 14.7 Å². The molecular formula is C33H54FN3O9. The Labute approximate surface area is 272 Å². The smallest absolute Gasteiger partial charge is 0.410 e. The van der Waals surface area contributed by atoms with Gasteiger partial charge in [0.25, 0.3) is 5.67 Å². The molecule has 0 aliphatic carbocycles. The van der Waals surface area contributed by atoms with Crippen molar-refractivity contribution in [3.05, 3.63) is 0 Å². The Morgan fingerprint density at radius 1 is 1.11 bits per heavy atom. The highest BCUT2D eigenvalue weighted by Gasteiger charge is 2.61. The summed E-state index contributed by atoms with van der Waals surface area (Å²) in [7, 11) is 5.19. The van der Waals surface area contributed by atoms with Crippen molar-refractivity contribution in [2.24, 2.45) is 22.7 Å². The Morgan fingerprint density at radius 3 is 2.35 bits per heavy atom. The van der Waals surface area contributed by atoms with Gasteiger partial charge in [-0.25, -0.2) is 14.0 Å². The van der Waals surface area contributed by atoms with E-state index >= 15 is 4.39 Å². The average molecular weight is 656 g/mol. The third-order valence-electron chi connectivity index (χ3n) is 10.9. The first-order chi connectivity index (χ1) is 21.3. The van der Waals surface area contributed by atoms with Crippen LogP contribution in [0.3, 0.4) is 0 Å². The predicted molar refractivity (Wildman–Crippen MR) is 167 cm³/mol. The minimum atomic E-state index is -3.08. The number of halogens is 1. The number of rotatable bonds is 5. The number of carbonyl (C=O) groups is 3. The summed E-state index contributed by atoms with van der Waals surface area (Å²) in [4.78, 5) is 49.3. The lowest BCUT2D eigenvalue weighted by atomic mass is 9.73. The number of hydrogen-bond donors (Lipinski definition) is 1. The largest absolute Gasteiger partial charge is 0.455 e. The van der Waals surface area contributed by atoms with Gasteiger partial charge in [0.15, 0.2) is 17.7 Å². The van der Waals surface area contributed by atoms with Crippen LogP contribution in [0.2, 0.25) is 0 Å². The van der Waals surface area contributed by atoms with Crippen molar-refractivity contribution in [2.75, 3.05) is 34.3 Å². The Balaban J connectivity index is 1.84. The third kappa shape index (κ3) is 6.34. The van der Waals surface area contributed by atoms with Crippen LogP contribution in [0.5, 0.6) is 0 Å².